The lowest BCUT2D eigenvalue weighted by molar-refractivity contribution is 0.484. The summed E-state index contributed by atoms with van der Waals surface area (Å²) in [4.78, 5) is 0.362. The second kappa shape index (κ2) is 6.10. The molecule has 0 radical (unpaired) electrons. The van der Waals surface area contributed by atoms with Crippen molar-refractivity contribution in [2.75, 3.05) is 0 Å². The van der Waals surface area contributed by atoms with Crippen molar-refractivity contribution in [3.8, 4) is 0 Å². The van der Waals surface area contributed by atoms with Crippen molar-refractivity contribution in [3.63, 3.8) is 0 Å². The van der Waals surface area contributed by atoms with Gasteiger partial charge in [0.15, 0.2) is 0 Å². The predicted molar refractivity (Wildman–Crippen MR) is 69.9 cm³/mol. The monoisotopic (exact) mass is 354 g/mol. The Labute approximate surface area is 112 Å². The van der Waals surface area contributed by atoms with Crippen LogP contribution in [-0.4, -0.2) is 4.83 Å². The van der Waals surface area contributed by atoms with Gasteiger partial charge in [-0.15, -0.1) is 0 Å². The van der Waals surface area contributed by atoms with Crippen molar-refractivity contribution in [2.45, 2.75) is 31.5 Å². The Morgan fingerprint density at radius 3 is 2.44 bits per heavy atom. The molecule has 0 aliphatic rings. The lowest BCUT2D eigenvalue weighted by Crippen LogP contribution is -2.08. The summed E-state index contributed by atoms with van der Waals surface area (Å²) in [6.07, 6.45) is 1.32. The van der Waals surface area contributed by atoms with Gasteiger partial charge in [-0.3, -0.25) is 0 Å². The number of alkyl halides is 1. The predicted octanol–water partition coefficient (Wildman–Crippen LogP) is 5.08. The van der Waals surface area contributed by atoms with Gasteiger partial charge in [-0.2, -0.15) is 0 Å². The van der Waals surface area contributed by atoms with Gasteiger partial charge in [-0.25, -0.2) is 8.78 Å². The third-order valence-electron chi connectivity index (χ3n) is 2.42. The van der Waals surface area contributed by atoms with Crippen LogP contribution in [0.1, 0.15) is 25.8 Å². The Kier molecular flexibility index (Phi) is 5.38. The fourth-order valence-corrected chi connectivity index (χ4v) is 2.75. The molecule has 1 aromatic rings. The van der Waals surface area contributed by atoms with Crippen LogP contribution < -0.4 is 0 Å². The molecule has 0 N–H and O–H groups in total. The summed E-state index contributed by atoms with van der Waals surface area (Å²) < 4.78 is 27.4. The number of halogens is 4. The Hall–Kier alpha value is 0.0400. The van der Waals surface area contributed by atoms with E-state index in [-0.39, 0.29) is 11.5 Å². The molecule has 0 aliphatic carbocycles. The molecular formula is C12H14Br2F2. The Morgan fingerprint density at radius 2 is 1.88 bits per heavy atom. The van der Waals surface area contributed by atoms with Crippen LogP contribution in [0.3, 0.4) is 0 Å². The first-order valence-electron chi connectivity index (χ1n) is 5.18. The molecule has 0 fully saturated rings. The zero-order valence-electron chi connectivity index (χ0n) is 9.24. The molecule has 0 saturated carbocycles. The molecule has 0 spiro atoms. The SMILES string of the molecule is CC(Br)CC(C)Cc1c(F)ccc(Br)c1F. The highest BCUT2D eigenvalue weighted by Crippen LogP contribution is 2.25. The molecular weight excluding hydrogens is 342 g/mol. The van der Waals surface area contributed by atoms with Gasteiger partial charge in [0.25, 0.3) is 0 Å². The maximum absolute atomic E-state index is 13.7. The molecule has 0 bridgehead atoms. The van der Waals surface area contributed by atoms with Crippen molar-refractivity contribution in [2.24, 2.45) is 5.92 Å². The second-order valence-electron chi connectivity index (χ2n) is 4.15. The lowest BCUT2D eigenvalue weighted by Gasteiger charge is -2.14. The van der Waals surface area contributed by atoms with Crippen molar-refractivity contribution < 1.29 is 8.78 Å². The minimum Gasteiger partial charge on any atom is -0.207 e. The quantitative estimate of drug-likeness (QED) is 0.522. The van der Waals surface area contributed by atoms with Gasteiger partial charge in [0.1, 0.15) is 11.6 Å². The van der Waals surface area contributed by atoms with Gasteiger partial charge in [-0.1, -0.05) is 29.8 Å². The normalized spacial score (nSPS) is 14.9. The van der Waals surface area contributed by atoms with E-state index in [1.165, 1.54) is 12.1 Å². The summed E-state index contributed by atoms with van der Waals surface area (Å²) >= 11 is 6.51. The van der Waals surface area contributed by atoms with Gasteiger partial charge < -0.3 is 0 Å². The van der Waals surface area contributed by atoms with Gasteiger partial charge >= 0.3 is 0 Å². The maximum Gasteiger partial charge on any atom is 0.143 e. The van der Waals surface area contributed by atoms with Crippen molar-refractivity contribution in [1.82, 2.24) is 0 Å². The topological polar surface area (TPSA) is 0 Å². The zero-order chi connectivity index (χ0) is 12.3. The smallest absolute Gasteiger partial charge is 0.143 e. The third kappa shape index (κ3) is 3.81. The summed E-state index contributed by atoms with van der Waals surface area (Å²) in [5, 5.41) is 0. The molecule has 0 heterocycles. The van der Waals surface area contributed by atoms with Gasteiger partial charge in [-0.05, 0) is 46.8 Å². The van der Waals surface area contributed by atoms with Crippen molar-refractivity contribution in [1.29, 1.82) is 0 Å². The number of benzene rings is 1. The first-order valence-corrected chi connectivity index (χ1v) is 6.89. The molecule has 1 aromatic carbocycles. The molecule has 0 aliphatic heterocycles. The van der Waals surface area contributed by atoms with Crippen LogP contribution in [0.15, 0.2) is 16.6 Å². The summed E-state index contributed by atoms with van der Waals surface area (Å²) in [6, 6.07) is 2.69. The fraction of sp³-hybridized carbons (Fsp3) is 0.500. The maximum atomic E-state index is 13.7. The van der Waals surface area contributed by atoms with E-state index in [4.69, 9.17) is 0 Å². The van der Waals surface area contributed by atoms with Crippen LogP contribution in [0.25, 0.3) is 0 Å². The first kappa shape index (κ1) is 14.1. The van der Waals surface area contributed by atoms with E-state index < -0.39 is 11.6 Å². The summed E-state index contributed by atoms with van der Waals surface area (Å²) in [5.41, 5.74) is 0.176. The van der Waals surface area contributed by atoms with E-state index in [0.29, 0.717) is 15.7 Å². The molecule has 2 atom stereocenters. The second-order valence-corrected chi connectivity index (χ2v) is 6.57. The van der Waals surface area contributed by atoms with Crippen LogP contribution in [-0.2, 0) is 6.42 Å². The third-order valence-corrected chi connectivity index (χ3v) is 3.40. The Morgan fingerprint density at radius 1 is 1.25 bits per heavy atom. The lowest BCUT2D eigenvalue weighted by atomic mass is 9.96. The summed E-state index contributed by atoms with van der Waals surface area (Å²) in [6.45, 7) is 4.03. The van der Waals surface area contributed by atoms with Crippen molar-refractivity contribution >= 4 is 31.9 Å². The van der Waals surface area contributed by atoms with Crippen LogP contribution in [0.4, 0.5) is 8.78 Å². The molecule has 4 heteroatoms. The number of rotatable bonds is 4. The number of hydrogen-bond acceptors (Lipinski definition) is 0. The number of hydrogen-bond donors (Lipinski definition) is 0. The van der Waals surface area contributed by atoms with E-state index in [0.717, 1.165) is 6.42 Å². The largest absolute Gasteiger partial charge is 0.207 e. The minimum atomic E-state index is -0.478. The van der Waals surface area contributed by atoms with E-state index in [1.54, 1.807) is 0 Å². The molecule has 0 nitrogen and oxygen atoms in total. The van der Waals surface area contributed by atoms with Crippen LogP contribution in [0.2, 0.25) is 0 Å². The molecule has 90 valence electrons. The summed E-state index contributed by atoms with van der Waals surface area (Å²) in [7, 11) is 0. The van der Waals surface area contributed by atoms with Gasteiger partial charge in [0.2, 0.25) is 0 Å². The average Bonchev–Trinajstić information content (AvgIpc) is 2.17. The highest BCUT2D eigenvalue weighted by molar-refractivity contribution is 9.10. The van der Waals surface area contributed by atoms with Crippen LogP contribution in [0.5, 0.6) is 0 Å². The average molecular weight is 356 g/mol. The molecule has 0 amide bonds. The zero-order valence-corrected chi connectivity index (χ0v) is 12.4. The molecule has 16 heavy (non-hydrogen) atoms. The van der Waals surface area contributed by atoms with E-state index in [9.17, 15) is 8.78 Å². The first-order chi connectivity index (χ1) is 7.41. The molecule has 2 unspecified atom stereocenters. The van der Waals surface area contributed by atoms with Crippen LogP contribution in [0, 0.1) is 17.6 Å². The fourth-order valence-electron chi connectivity index (χ4n) is 1.74. The highest BCUT2D eigenvalue weighted by atomic mass is 79.9. The molecule has 0 saturated heterocycles. The minimum absolute atomic E-state index is 0.176. The Balaban J connectivity index is 2.84. The Bertz CT molecular complexity index is 364. The molecule has 1 rings (SSSR count). The van der Waals surface area contributed by atoms with Gasteiger partial charge in [0.05, 0.1) is 4.47 Å². The molecule has 0 aromatic heterocycles. The van der Waals surface area contributed by atoms with E-state index in [2.05, 4.69) is 31.9 Å². The van der Waals surface area contributed by atoms with Gasteiger partial charge in [0, 0.05) is 10.4 Å². The highest BCUT2D eigenvalue weighted by Gasteiger charge is 2.16. The summed E-state index contributed by atoms with van der Waals surface area (Å²) in [5.74, 6) is -0.698. The van der Waals surface area contributed by atoms with Crippen LogP contribution >= 0.6 is 31.9 Å². The van der Waals surface area contributed by atoms with E-state index in [1.807, 2.05) is 13.8 Å². The van der Waals surface area contributed by atoms with E-state index >= 15 is 0 Å². The standard InChI is InChI=1S/C12H14Br2F2/c1-7(5-8(2)13)6-9-11(15)4-3-10(14)12(9)16/h3-4,7-8H,5-6H2,1-2H3. The van der Waals surface area contributed by atoms with Crippen molar-refractivity contribution in [3.05, 3.63) is 33.8 Å².